The summed E-state index contributed by atoms with van der Waals surface area (Å²) in [5.41, 5.74) is 1.13. The second kappa shape index (κ2) is 5.23. The Morgan fingerprint density at radius 3 is 2.67 bits per heavy atom. The number of hydrogen-bond acceptors (Lipinski definition) is 3. The van der Waals surface area contributed by atoms with Crippen molar-refractivity contribution < 1.29 is 5.11 Å². The molecule has 0 saturated carbocycles. The van der Waals surface area contributed by atoms with Crippen LogP contribution in [-0.4, -0.2) is 26.1 Å². The topological polar surface area (TPSA) is 55.1 Å². The monoisotopic (exact) mass is 338 g/mol. The summed E-state index contributed by atoms with van der Waals surface area (Å²) in [4.78, 5) is 15.4. The van der Waals surface area contributed by atoms with Crippen molar-refractivity contribution in [3.8, 4) is 0 Å². The molecule has 6 heteroatoms. The van der Waals surface area contributed by atoms with Crippen molar-refractivity contribution in [2.75, 3.05) is 5.33 Å². The van der Waals surface area contributed by atoms with Crippen LogP contribution in [0.4, 0.5) is 0 Å². The molecular weight excluding hydrogens is 328 g/mol. The average Bonchev–Trinajstić information content (AvgIpc) is 2.21. The zero-order valence-corrected chi connectivity index (χ0v) is 11.7. The maximum absolute atomic E-state index is 11.6. The summed E-state index contributed by atoms with van der Waals surface area (Å²) in [5.74, 6) is 0. The lowest BCUT2D eigenvalue weighted by atomic mass is 10.3. The van der Waals surface area contributed by atoms with Crippen molar-refractivity contribution in [3.05, 3.63) is 26.3 Å². The zero-order chi connectivity index (χ0) is 11.6. The number of aromatic nitrogens is 2. The van der Waals surface area contributed by atoms with Crippen LogP contribution in [0.2, 0.25) is 0 Å². The molecule has 0 fully saturated rings. The number of alkyl halides is 1. The molecule has 0 saturated heterocycles. The van der Waals surface area contributed by atoms with E-state index in [-0.39, 0.29) is 12.2 Å². The third kappa shape index (κ3) is 2.89. The Morgan fingerprint density at radius 1 is 1.53 bits per heavy atom. The number of aryl methyl sites for hydroxylation is 1. The van der Waals surface area contributed by atoms with E-state index in [9.17, 15) is 9.90 Å². The van der Waals surface area contributed by atoms with Crippen molar-refractivity contribution >= 4 is 31.9 Å². The van der Waals surface area contributed by atoms with E-state index in [2.05, 4.69) is 36.8 Å². The van der Waals surface area contributed by atoms with Gasteiger partial charge in [-0.25, -0.2) is 4.79 Å². The van der Waals surface area contributed by atoms with E-state index in [0.717, 1.165) is 10.2 Å². The molecule has 0 bridgehead atoms. The highest BCUT2D eigenvalue weighted by Gasteiger charge is 2.11. The number of rotatable bonds is 3. The minimum Gasteiger partial charge on any atom is -0.390 e. The zero-order valence-electron chi connectivity index (χ0n) is 8.50. The molecule has 0 aliphatic carbocycles. The molecule has 84 valence electrons. The number of halogens is 2. The first kappa shape index (κ1) is 12.9. The second-order valence-electron chi connectivity index (χ2n) is 3.30. The quantitative estimate of drug-likeness (QED) is 0.846. The molecule has 0 aromatic carbocycles. The van der Waals surface area contributed by atoms with Gasteiger partial charge in [0.05, 0.1) is 22.8 Å². The molecule has 1 unspecified atom stereocenters. The standard InChI is InChI=1S/C9H12Br2N2O2/c1-5-8(11)6(2)13(9(15)12-5)4-7(14)3-10/h7,14H,3-4H2,1-2H3. The van der Waals surface area contributed by atoms with Crippen molar-refractivity contribution in [1.29, 1.82) is 0 Å². The Labute approximate surface area is 105 Å². The van der Waals surface area contributed by atoms with E-state index in [1.54, 1.807) is 6.92 Å². The highest BCUT2D eigenvalue weighted by molar-refractivity contribution is 9.10. The normalized spacial score (nSPS) is 12.9. The van der Waals surface area contributed by atoms with Gasteiger partial charge in [0.1, 0.15) is 0 Å². The molecule has 1 aromatic rings. The van der Waals surface area contributed by atoms with Crippen LogP contribution in [0.3, 0.4) is 0 Å². The van der Waals surface area contributed by atoms with Crippen LogP contribution in [0.15, 0.2) is 9.27 Å². The van der Waals surface area contributed by atoms with Crippen molar-refractivity contribution in [1.82, 2.24) is 9.55 Å². The molecule has 1 heterocycles. The number of aliphatic hydroxyl groups is 1. The molecule has 0 radical (unpaired) electrons. The Hall–Kier alpha value is -0.200. The van der Waals surface area contributed by atoms with Crippen LogP contribution in [0.25, 0.3) is 0 Å². The molecule has 1 rings (SSSR count). The molecule has 1 aromatic heterocycles. The maximum atomic E-state index is 11.6. The van der Waals surface area contributed by atoms with Crippen molar-refractivity contribution in [2.45, 2.75) is 26.5 Å². The summed E-state index contributed by atoms with van der Waals surface area (Å²) in [6.45, 7) is 3.84. The number of nitrogens with zero attached hydrogens (tertiary/aromatic N) is 2. The van der Waals surface area contributed by atoms with Gasteiger partial charge in [-0.3, -0.25) is 4.57 Å². The third-order valence-corrected chi connectivity index (χ3v) is 4.00. The van der Waals surface area contributed by atoms with Gasteiger partial charge < -0.3 is 5.11 Å². The van der Waals surface area contributed by atoms with Gasteiger partial charge in [-0.05, 0) is 29.8 Å². The fourth-order valence-corrected chi connectivity index (χ4v) is 1.76. The van der Waals surface area contributed by atoms with E-state index in [1.807, 2.05) is 6.92 Å². The molecule has 0 spiro atoms. The van der Waals surface area contributed by atoms with Crippen LogP contribution in [-0.2, 0) is 6.54 Å². The molecule has 0 amide bonds. The van der Waals surface area contributed by atoms with Gasteiger partial charge in [0.2, 0.25) is 0 Å². The van der Waals surface area contributed by atoms with Gasteiger partial charge in [-0.1, -0.05) is 15.9 Å². The lowest BCUT2D eigenvalue weighted by Crippen LogP contribution is -2.31. The molecule has 15 heavy (non-hydrogen) atoms. The van der Waals surface area contributed by atoms with Gasteiger partial charge >= 0.3 is 5.69 Å². The predicted octanol–water partition coefficient (Wildman–Crippen LogP) is 1.38. The molecule has 4 nitrogen and oxygen atoms in total. The summed E-state index contributed by atoms with van der Waals surface area (Å²) in [6, 6.07) is 0. The van der Waals surface area contributed by atoms with Gasteiger partial charge in [-0.2, -0.15) is 4.98 Å². The van der Waals surface area contributed by atoms with Crippen molar-refractivity contribution in [3.63, 3.8) is 0 Å². The second-order valence-corrected chi connectivity index (χ2v) is 4.74. The SMILES string of the molecule is Cc1nc(=O)n(CC(O)CBr)c(C)c1Br. The van der Waals surface area contributed by atoms with E-state index < -0.39 is 6.10 Å². The van der Waals surface area contributed by atoms with Gasteiger partial charge in [0.25, 0.3) is 0 Å². The van der Waals surface area contributed by atoms with Crippen LogP contribution in [0, 0.1) is 13.8 Å². The van der Waals surface area contributed by atoms with Crippen LogP contribution in [0.1, 0.15) is 11.4 Å². The first-order valence-electron chi connectivity index (χ1n) is 4.45. The van der Waals surface area contributed by atoms with E-state index in [0.29, 0.717) is 11.0 Å². The van der Waals surface area contributed by atoms with Crippen LogP contribution >= 0.6 is 31.9 Å². The Balaban J connectivity index is 3.18. The highest BCUT2D eigenvalue weighted by atomic mass is 79.9. The molecular formula is C9H12Br2N2O2. The third-order valence-electron chi connectivity index (χ3n) is 2.11. The average molecular weight is 340 g/mol. The minimum absolute atomic E-state index is 0.252. The maximum Gasteiger partial charge on any atom is 0.348 e. The molecule has 1 atom stereocenters. The minimum atomic E-state index is -0.585. The molecule has 1 N–H and O–H groups in total. The van der Waals surface area contributed by atoms with Crippen molar-refractivity contribution in [2.24, 2.45) is 0 Å². The first-order valence-corrected chi connectivity index (χ1v) is 6.36. The first-order chi connectivity index (χ1) is 6.97. The Kier molecular flexibility index (Phi) is 4.48. The smallest absolute Gasteiger partial charge is 0.348 e. The molecule has 0 aliphatic heterocycles. The lowest BCUT2D eigenvalue weighted by molar-refractivity contribution is 0.176. The largest absolute Gasteiger partial charge is 0.390 e. The van der Waals surface area contributed by atoms with E-state index in [4.69, 9.17) is 0 Å². The number of hydrogen-bond donors (Lipinski definition) is 1. The van der Waals surface area contributed by atoms with E-state index in [1.165, 1.54) is 4.57 Å². The summed E-state index contributed by atoms with van der Waals surface area (Å²) < 4.78 is 2.27. The predicted molar refractivity (Wildman–Crippen MR) is 65.5 cm³/mol. The van der Waals surface area contributed by atoms with Gasteiger partial charge in [0.15, 0.2) is 0 Å². The summed E-state index contributed by atoms with van der Waals surface area (Å²) >= 11 is 6.52. The van der Waals surface area contributed by atoms with Gasteiger partial charge in [-0.15, -0.1) is 0 Å². The fourth-order valence-electron chi connectivity index (χ4n) is 1.25. The van der Waals surface area contributed by atoms with Crippen LogP contribution in [0.5, 0.6) is 0 Å². The Bertz CT molecular complexity index is 417. The Morgan fingerprint density at radius 2 is 2.13 bits per heavy atom. The fraction of sp³-hybridized carbons (Fsp3) is 0.556. The van der Waals surface area contributed by atoms with Gasteiger partial charge in [0, 0.05) is 11.0 Å². The lowest BCUT2D eigenvalue weighted by Gasteiger charge is -2.14. The molecule has 0 aliphatic rings. The van der Waals surface area contributed by atoms with Crippen LogP contribution < -0.4 is 5.69 Å². The summed E-state index contributed by atoms with van der Waals surface area (Å²) in [5, 5.41) is 9.91. The highest BCUT2D eigenvalue weighted by Crippen LogP contribution is 2.16. The summed E-state index contributed by atoms with van der Waals surface area (Å²) in [6.07, 6.45) is -0.585. The number of aliphatic hydroxyl groups excluding tert-OH is 1. The van der Waals surface area contributed by atoms with E-state index >= 15 is 0 Å². The summed E-state index contributed by atoms with van der Waals surface area (Å²) in [7, 11) is 0.